The molecule has 3 heterocycles. The van der Waals surface area contributed by atoms with Crippen molar-refractivity contribution in [2.45, 2.75) is 20.8 Å². The highest BCUT2D eigenvalue weighted by Crippen LogP contribution is 2.38. The number of carbonyl (C=O) groups excluding carboxylic acids is 6. The third-order valence-electron chi connectivity index (χ3n) is 7.40. The van der Waals surface area contributed by atoms with Gasteiger partial charge in [-0.2, -0.15) is 0 Å². The second-order valence-electron chi connectivity index (χ2n) is 10.3. The number of carbonyl (C=O) groups is 6. The van der Waals surface area contributed by atoms with Gasteiger partial charge in [0.25, 0.3) is 35.4 Å². The molecule has 0 atom stereocenters. The Kier molecular flexibility index (Phi) is 6.46. The van der Waals surface area contributed by atoms with Crippen LogP contribution in [0.3, 0.4) is 0 Å². The summed E-state index contributed by atoms with van der Waals surface area (Å²) in [5.74, 6) is -2.38. The number of nitrogens with zero attached hydrogens (tertiary/aromatic N) is 4. The molecular weight excluding hydrogens is 548 g/mol. The molecule has 0 aliphatic carbocycles. The molecule has 10 heteroatoms. The average molecular weight is 573 g/mol. The summed E-state index contributed by atoms with van der Waals surface area (Å²) in [6.07, 6.45) is 3.89. The van der Waals surface area contributed by atoms with Crippen LogP contribution < -0.4 is 19.6 Å². The Bertz CT molecular complexity index is 1630. The highest BCUT2D eigenvalue weighted by Gasteiger charge is 2.32. The number of imide groups is 3. The molecule has 3 aromatic rings. The molecule has 10 nitrogen and oxygen atoms in total. The van der Waals surface area contributed by atoms with Gasteiger partial charge < -0.3 is 4.90 Å². The molecule has 3 aliphatic rings. The summed E-state index contributed by atoms with van der Waals surface area (Å²) >= 11 is 0. The third-order valence-corrected chi connectivity index (χ3v) is 7.40. The quantitative estimate of drug-likeness (QED) is 0.396. The largest absolute Gasteiger partial charge is 0.310 e. The Labute approximate surface area is 246 Å². The van der Waals surface area contributed by atoms with Crippen molar-refractivity contribution < 1.29 is 28.8 Å². The van der Waals surface area contributed by atoms with E-state index in [-0.39, 0.29) is 17.7 Å². The summed E-state index contributed by atoms with van der Waals surface area (Å²) in [6.45, 7) is 4.76. The van der Waals surface area contributed by atoms with E-state index in [1.165, 1.54) is 18.2 Å². The lowest BCUT2D eigenvalue weighted by Crippen LogP contribution is -2.30. The molecule has 0 aromatic heterocycles. The minimum absolute atomic E-state index is 0.358. The molecule has 0 bridgehead atoms. The lowest BCUT2D eigenvalue weighted by atomic mass is 10.1. The van der Waals surface area contributed by atoms with E-state index in [4.69, 9.17) is 0 Å². The summed E-state index contributed by atoms with van der Waals surface area (Å²) in [5.41, 5.74) is 4.34. The van der Waals surface area contributed by atoms with E-state index in [1.54, 1.807) is 93.6 Å². The molecule has 0 fully saturated rings. The second-order valence-corrected chi connectivity index (χ2v) is 10.3. The molecule has 0 spiro atoms. The van der Waals surface area contributed by atoms with Gasteiger partial charge in [0, 0.05) is 52.0 Å². The molecule has 6 rings (SSSR count). The Morgan fingerprint density at radius 2 is 0.628 bits per heavy atom. The smallest absolute Gasteiger partial charge is 0.261 e. The Balaban J connectivity index is 1.36. The van der Waals surface area contributed by atoms with E-state index in [0.717, 1.165) is 14.7 Å². The van der Waals surface area contributed by atoms with Crippen LogP contribution in [0.2, 0.25) is 0 Å². The van der Waals surface area contributed by atoms with E-state index >= 15 is 0 Å². The van der Waals surface area contributed by atoms with Crippen molar-refractivity contribution in [2.24, 2.45) is 0 Å². The maximum absolute atomic E-state index is 12.5. The van der Waals surface area contributed by atoms with Crippen LogP contribution in [0.5, 0.6) is 0 Å². The molecule has 43 heavy (non-hydrogen) atoms. The van der Waals surface area contributed by atoms with Gasteiger partial charge in [0.1, 0.15) is 0 Å². The average Bonchev–Trinajstić information content (AvgIpc) is 3.51. The first-order chi connectivity index (χ1) is 20.5. The summed E-state index contributed by atoms with van der Waals surface area (Å²) < 4.78 is 0. The summed E-state index contributed by atoms with van der Waals surface area (Å²) in [7, 11) is 0. The van der Waals surface area contributed by atoms with E-state index in [2.05, 4.69) is 0 Å². The Hall–Kier alpha value is -5.90. The lowest BCUT2D eigenvalue weighted by molar-refractivity contribution is -0.121. The number of rotatable bonds is 6. The number of hydrogen-bond acceptors (Lipinski definition) is 7. The van der Waals surface area contributed by atoms with Crippen molar-refractivity contribution in [1.82, 2.24) is 0 Å². The van der Waals surface area contributed by atoms with Crippen LogP contribution in [0.15, 0.2) is 108 Å². The van der Waals surface area contributed by atoms with Crippen molar-refractivity contribution in [1.29, 1.82) is 0 Å². The van der Waals surface area contributed by atoms with Crippen molar-refractivity contribution in [3.05, 3.63) is 108 Å². The fourth-order valence-electron chi connectivity index (χ4n) is 5.20. The maximum atomic E-state index is 12.5. The zero-order valence-corrected chi connectivity index (χ0v) is 23.4. The first kappa shape index (κ1) is 27.3. The fourth-order valence-corrected chi connectivity index (χ4v) is 5.20. The van der Waals surface area contributed by atoms with Gasteiger partial charge in [-0.3, -0.25) is 28.8 Å². The molecule has 3 aliphatic heterocycles. The minimum Gasteiger partial charge on any atom is -0.310 e. The summed E-state index contributed by atoms with van der Waals surface area (Å²) in [5, 5.41) is 0. The van der Waals surface area contributed by atoms with Gasteiger partial charge >= 0.3 is 0 Å². The topological polar surface area (TPSA) is 115 Å². The van der Waals surface area contributed by atoms with E-state index in [0.29, 0.717) is 50.8 Å². The molecule has 0 unspecified atom stereocenters. The number of benzene rings is 3. The predicted molar refractivity (Wildman–Crippen MR) is 160 cm³/mol. The number of hydrogen-bond donors (Lipinski definition) is 0. The van der Waals surface area contributed by atoms with Gasteiger partial charge in [-0.25, -0.2) is 14.7 Å². The molecule has 6 amide bonds. The molecule has 3 aromatic carbocycles. The number of amides is 6. The predicted octanol–water partition coefficient (Wildman–Crippen LogP) is 4.61. The number of anilines is 6. The summed E-state index contributed by atoms with van der Waals surface area (Å²) in [4.78, 5) is 79.9. The second kappa shape index (κ2) is 10.2. The molecule has 0 N–H and O–H groups in total. The SMILES string of the molecule is CC1=CC(=O)N(c2ccc(N(c3ccc(N4C(=O)C=C(C)C4=O)cc3)c3ccc(N4C(=O)C=C(C)C4=O)cc3)cc2)C1=O. The maximum Gasteiger partial charge on any atom is 0.261 e. The van der Waals surface area contributed by atoms with Crippen LogP contribution >= 0.6 is 0 Å². The van der Waals surface area contributed by atoms with Crippen LogP contribution in [0.1, 0.15) is 20.8 Å². The van der Waals surface area contributed by atoms with Crippen LogP contribution in [-0.4, -0.2) is 35.4 Å². The molecule has 0 saturated heterocycles. The van der Waals surface area contributed by atoms with Crippen molar-refractivity contribution in [2.75, 3.05) is 19.6 Å². The van der Waals surface area contributed by atoms with E-state index < -0.39 is 17.7 Å². The van der Waals surface area contributed by atoms with Gasteiger partial charge in [0.05, 0.1) is 17.1 Å². The van der Waals surface area contributed by atoms with Gasteiger partial charge in [-0.15, -0.1) is 0 Å². The van der Waals surface area contributed by atoms with Crippen molar-refractivity contribution in [3.8, 4) is 0 Å². The van der Waals surface area contributed by atoms with Crippen LogP contribution in [0, 0.1) is 0 Å². The first-order valence-corrected chi connectivity index (χ1v) is 13.4. The zero-order valence-electron chi connectivity index (χ0n) is 23.4. The molecule has 0 radical (unpaired) electrons. The molecule has 0 saturated carbocycles. The molecular formula is C33H24N4O6. The standard InChI is InChI=1S/C33H24N4O6/c1-19-16-28(38)35(31(19)41)25-10-4-22(5-11-25)34(23-6-12-26(13-7-23)36-29(39)17-20(2)32(36)42)24-8-14-27(15-9-24)37-30(40)18-21(3)33(37)43/h4-18H,1-3H3. The van der Waals surface area contributed by atoms with Gasteiger partial charge in [0.2, 0.25) is 0 Å². The van der Waals surface area contributed by atoms with Gasteiger partial charge in [0.15, 0.2) is 0 Å². The van der Waals surface area contributed by atoms with Gasteiger partial charge in [-0.1, -0.05) is 0 Å². The Morgan fingerprint density at radius 1 is 0.395 bits per heavy atom. The monoisotopic (exact) mass is 572 g/mol. The normalized spacial score (nSPS) is 16.8. The van der Waals surface area contributed by atoms with Crippen LogP contribution in [0.25, 0.3) is 0 Å². The van der Waals surface area contributed by atoms with Gasteiger partial charge in [-0.05, 0) is 93.6 Å². The highest BCUT2D eigenvalue weighted by atomic mass is 16.2. The van der Waals surface area contributed by atoms with Crippen LogP contribution in [-0.2, 0) is 28.8 Å². The third kappa shape index (κ3) is 4.55. The minimum atomic E-state index is -0.412. The Morgan fingerprint density at radius 3 is 0.814 bits per heavy atom. The zero-order chi connectivity index (χ0) is 30.6. The molecule has 212 valence electrons. The van der Waals surface area contributed by atoms with Crippen molar-refractivity contribution >= 4 is 69.6 Å². The highest BCUT2D eigenvalue weighted by molar-refractivity contribution is 6.31. The van der Waals surface area contributed by atoms with Crippen molar-refractivity contribution in [3.63, 3.8) is 0 Å². The summed E-state index contributed by atoms with van der Waals surface area (Å²) in [6, 6.07) is 20.5. The van der Waals surface area contributed by atoms with E-state index in [1.807, 2.05) is 4.90 Å². The fraction of sp³-hybridized carbons (Fsp3) is 0.0909. The lowest BCUT2D eigenvalue weighted by Gasteiger charge is -2.27. The van der Waals surface area contributed by atoms with Crippen LogP contribution in [0.4, 0.5) is 34.1 Å². The van der Waals surface area contributed by atoms with E-state index in [9.17, 15) is 28.8 Å². The first-order valence-electron chi connectivity index (χ1n) is 13.4.